The maximum Gasteiger partial charge on any atom is 0.408 e. The van der Waals surface area contributed by atoms with Crippen LogP contribution in [0.3, 0.4) is 0 Å². The molecule has 8 heteroatoms. The molecule has 4 aromatic rings. The van der Waals surface area contributed by atoms with E-state index in [4.69, 9.17) is 14.2 Å². The Morgan fingerprint density at radius 3 is 1.90 bits per heavy atom. The van der Waals surface area contributed by atoms with E-state index in [0.717, 1.165) is 21.2 Å². The topological polar surface area (TPSA) is 90.9 Å². The lowest BCUT2D eigenvalue weighted by Crippen LogP contribution is -2.44. The molecule has 0 aliphatic heterocycles. The van der Waals surface area contributed by atoms with Gasteiger partial charge in [-0.2, -0.15) is 0 Å². The molecule has 0 radical (unpaired) electrons. The van der Waals surface area contributed by atoms with Crippen LogP contribution in [0.15, 0.2) is 114 Å². The predicted octanol–water partition coefficient (Wildman–Crippen LogP) is 6.29. The van der Waals surface area contributed by atoms with E-state index in [2.05, 4.69) is 21.2 Å². The molecule has 0 aliphatic carbocycles. The van der Waals surface area contributed by atoms with Crippen LogP contribution in [0.25, 0.3) is 0 Å². The summed E-state index contributed by atoms with van der Waals surface area (Å²) in [7, 11) is 0. The summed E-state index contributed by atoms with van der Waals surface area (Å²) in [6.45, 7) is 0.0181. The van der Waals surface area contributed by atoms with Gasteiger partial charge in [0, 0.05) is 16.5 Å². The largest absolute Gasteiger partial charge is 0.489 e. The predicted molar refractivity (Wildman–Crippen MR) is 154 cm³/mol. The molecule has 0 aliphatic rings. The molecule has 1 N–H and O–H groups in total. The molecule has 0 fully saturated rings. The summed E-state index contributed by atoms with van der Waals surface area (Å²) in [5, 5.41) is 2.58. The van der Waals surface area contributed by atoms with E-state index in [1.807, 2.05) is 72.8 Å². The molecular formula is C32H28BrNO6. The summed E-state index contributed by atoms with van der Waals surface area (Å²) >= 11 is 3.32. The Kier molecular flexibility index (Phi) is 10.5. The van der Waals surface area contributed by atoms with E-state index in [-0.39, 0.29) is 18.8 Å². The monoisotopic (exact) mass is 601 g/mol. The smallest absolute Gasteiger partial charge is 0.408 e. The highest BCUT2D eigenvalue weighted by Gasteiger charge is 2.25. The van der Waals surface area contributed by atoms with Crippen molar-refractivity contribution in [3.05, 3.63) is 136 Å². The Bertz CT molecular complexity index is 1390. The third-order valence-corrected chi connectivity index (χ3v) is 6.44. The number of hydrogen-bond acceptors (Lipinski definition) is 6. The Morgan fingerprint density at radius 2 is 1.27 bits per heavy atom. The van der Waals surface area contributed by atoms with Crippen molar-refractivity contribution < 1.29 is 28.6 Å². The van der Waals surface area contributed by atoms with Gasteiger partial charge in [0.1, 0.15) is 25.0 Å². The number of amides is 1. The van der Waals surface area contributed by atoms with Crippen molar-refractivity contribution in [3.63, 3.8) is 0 Å². The van der Waals surface area contributed by atoms with Crippen LogP contribution in [0.1, 0.15) is 27.0 Å². The zero-order valence-electron chi connectivity index (χ0n) is 21.6. The zero-order chi connectivity index (χ0) is 28.2. The number of carbonyl (C=O) groups is 3. The fourth-order valence-corrected chi connectivity index (χ4v) is 4.02. The van der Waals surface area contributed by atoms with Gasteiger partial charge in [0.2, 0.25) is 0 Å². The van der Waals surface area contributed by atoms with Crippen molar-refractivity contribution in [2.24, 2.45) is 0 Å². The first-order chi connectivity index (χ1) is 19.5. The number of alkyl carbamates (subject to hydrolysis) is 1. The second kappa shape index (κ2) is 14.6. The Hall–Kier alpha value is -4.43. The van der Waals surface area contributed by atoms with Gasteiger partial charge in [-0.15, -0.1) is 0 Å². The molecule has 4 rings (SSSR count). The number of esters is 1. The second-order valence-corrected chi connectivity index (χ2v) is 9.83. The fraction of sp³-hybridized carbons (Fsp3) is 0.156. The van der Waals surface area contributed by atoms with Gasteiger partial charge in [-0.1, -0.05) is 101 Å². The number of hydrogen-bond donors (Lipinski definition) is 1. The molecule has 0 heterocycles. The number of halogens is 1. The van der Waals surface area contributed by atoms with Gasteiger partial charge in [0.15, 0.2) is 12.4 Å². The molecule has 4 aromatic carbocycles. The first-order valence-corrected chi connectivity index (χ1v) is 13.4. The SMILES string of the molecule is O=C(N[C@H](Cc1ccc(OCc2ccccc2)cc1)C(=O)OCC(=O)c1ccc(Br)cc1)OCc1ccccc1. The third-order valence-electron chi connectivity index (χ3n) is 5.91. The van der Waals surface area contributed by atoms with Gasteiger partial charge in [-0.25, -0.2) is 9.59 Å². The molecule has 0 bridgehead atoms. The molecule has 1 amide bonds. The van der Waals surface area contributed by atoms with Crippen LogP contribution >= 0.6 is 15.9 Å². The van der Waals surface area contributed by atoms with Crippen LogP contribution in [0.5, 0.6) is 5.75 Å². The fourth-order valence-electron chi connectivity index (χ4n) is 3.76. The van der Waals surface area contributed by atoms with E-state index in [9.17, 15) is 14.4 Å². The van der Waals surface area contributed by atoms with Gasteiger partial charge in [-0.05, 0) is 41.0 Å². The lowest BCUT2D eigenvalue weighted by atomic mass is 10.1. The van der Waals surface area contributed by atoms with Gasteiger partial charge < -0.3 is 19.5 Å². The molecule has 0 saturated carbocycles. The van der Waals surface area contributed by atoms with Crippen molar-refractivity contribution in [2.75, 3.05) is 6.61 Å². The van der Waals surface area contributed by atoms with Crippen molar-refractivity contribution in [1.29, 1.82) is 0 Å². The average molecular weight is 602 g/mol. The summed E-state index contributed by atoms with van der Waals surface area (Å²) in [6.07, 6.45) is -0.641. The van der Waals surface area contributed by atoms with Crippen molar-refractivity contribution >= 4 is 33.8 Å². The summed E-state index contributed by atoms with van der Waals surface area (Å²) in [4.78, 5) is 38.1. The van der Waals surface area contributed by atoms with E-state index >= 15 is 0 Å². The van der Waals surface area contributed by atoms with Gasteiger partial charge >= 0.3 is 12.1 Å². The molecule has 0 unspecified atom stereocenters. The molecule has 1 atom stereocenters. The van der Waals surface area contributed by atoms with Crippen LogP contribution in [0.2, 0.25) is 0 Å². The van der Waals surface area contributed by atoms with Gasteiger partial charge in [0.05, 0.1) is 0 Å². The lowest BCUT2D eigenvalue weighted by Gasteiger charge is -2.18. The molecule has 40 heavy (non-hydrogen) atoms. The number of Topliss-reactive ketones (excluding diaryl/α,β-unsaturated/α-hetero) is 1. The van der Waals surface area contributed by atoms with Crippen molar-refractivity contribution in [1.82, 2.24) is 5.32 Å². The number of rotatable bonds is 12. The molecule has 0 spiro atoms. The minimum atomic E-state index is -1.07. The first-order valence-electron chi connectivity index (χ1n) is 12.6. The molecule has 7 nitrogen and oxygen atoms in total. The normalized spacial score (nSPS) is 11.2. The highest BCUT2D eigenvalue weighted by atomic mass is 79.9. The minimum absolute atomic E-state index is 0.0456. The average Bonchev–Trinajstić information content (AvgIpc) is 2.99. The summed E-state index contributed by atoms with van der Waals surface area (Å²) in [5.74, 6) is -0.431. The number of benzene rings is 4. The van der Waals surface area contributed by atoms with Crippen LogP contribution in [0.4, 0.5) is 4.79 Å². The first kappa shape index (κ1) is 28.6. The lowest BCUT2D eigenvalue weighted by molar-refractivity contribution is -0.144. The summed E-state index contributed by atoms with van der Waals surface area (Å²) in [5.41, 5.74) is 3.03. The minimum Gasteiger partial charge on any atom is -0.489 e. The Balaban J connectivity index is 1.38. The molecule has 0 saturated heterocycles. The summed E-state index contributed by atoms with van der Waals surface area (Å²) in [6, 6.07) is 31.9. The van der Waals surface area contributed by atoms with Crippen LogP contribution < -0.4 is 10.1 Å². The van der Waals surface area contributed by atoms with Crippen LogP contribution in [0, 0.1) is 0 Å². The number of nitrogens with one attached hydrogen (secondary N) is 1. The van der Waals surface area contributed by atoms with Gasteiger partial charge in [-0.3, -0.25) is 4.79 Å². The number of ketones is 1. The highest BCUT2D eigenvalue weighted by molar-refractivity contribution is 9.10. The van der Waals surface area contributed by atoms with Crippen LogP contribution in [-0.4, -0.2) is 30.5 Å². The van der Waals surface area contributed by atoms with Gasteiger partial charge in [0.25, 0.3) is 0 Å². The van der Waals surface area contributed by atoms with Crippen molar-refractivity contribution in [2.45, 2.75) is 25.7 Å². The Labute approximate surface area is 241 Å². The van der Waals surface area contributed by atoms with E-state index in [1.54, 1.807) is 36.4 Å². The van der Waals surface area contributed by atoms with Crippen molar-refractivity contribution in [3.8, 4) is 5.75 Å². The molecular weight excluding hydrogens is 574 g/mol. The van der Waals surface area contributed by atoms with E-state index in [0.29, 0.717) is 17.9 Å². The van der Waals surface area contributed by atoms with E-state index < -0.39 is 24.7 Å². The van der Waals surface area contributed by atoms with E-state index in [1.165, 1.54) is 0 Å². The molecule has 0 aromatic heterocycles. The maximum atomic E-state index is 13.0. The second-order valence-electron chi connectivity index (χ2n) is 8.92. The number of ether oxygens (including phenoxy) is 3. The number of carbonyl (C=O) groups excluding carboxylic acids is 3. The quantitative estimate of drug-likeness (QED) is 0.151. The Morgan fingerprint density at radius 1 is 0.675 bits per heavy atom. The standard InChI is InChI=1S/C32H28BrNO6/c33-27-15-13-26(14-16-27)30(35)22-39-31(36)29(34-32(37)40-21-25-9-5-2-6-10-25)19-23-11-17-28(18-12-23)38-20-24-7-3-1-4-8-24/h1-18,29H,19-22H2,(H,34,37)/t29-/m1/s1. The summed E-state index contributed by atoms with van der Waals surface area (Å²) < 4.78 is 17.3. The maximum absolute atomic E-state index is 13.0. The molecule has 204 valence electrons. The zero-order valence-corrected chi connectivity index (χ0v) is 23.2. The highest BCUT2D eigenvalue weighted by Crippen LogP contribution is 2.16. The van der Waals surface area contributed by atoms with Crippen LogP contribution in [-0.2, 0) is 33.9 Å². The third kappa shape index (κ3) is 9.10.